The summed E-state index contributed by atoms with van der Waals surface area (Å²) in [5.74, 6) is 0.0425. The summed E-state index contributed by atoms with van der Waals surface area (Å²) in [5.41, 5.74) is 1.01. The van der Waals surface area contributed by atoms with Crippen LogP contribution in [0.2, 0.25) is 5.02 Å². The van der Waals surface area contributed by atoms with Crippen LogP contribution in [0.25, 0.3) is 0 Å². The molecule has 17 heavy (non-hydrogen) atoms. The lowest BCUT2D eigenvalue weighted by Gasteiger charge is -2.20. The highest BCUT2D eigenvalue weighted by Crippen LogP contribution is 2.25. The molecule has 0 saturated carbocycles. The quantitative estimate of drug-likeness (QED) is 0.837. The largest absolute Gasteiger partial charge is 0.372 e. The van der Waals surface area contributed by atoms with E-state index in [9.17, 15) is 8.42 Å². The Balaban J connectivity index is 2.94. The Kier molecular flexibility index (Phi) is 4.38. The summed E-state index contributed by atoms with van der Waals surface area (Å²) in [4.78, 5) is 1.71. The highest BCUT2D eigenvalue weighted by Gasteiger charge is 2.12. The summed E-state index contributed by atoms with van der Waals surface area (Å²) >= 11 is 5.90. The Morgan fingerprint density at radius 2 is 2.12 bits per heavy atom. The van der Waals surface area contributed by atoms with Gasteiger partial charge in [0, 0.05) is 19.8 Å². The molecule has 0 unspecified atom stereocenters. The molecule has 92 valence electrons. The molecule has 0 bridgehead atoms. The van der Waals surface area contributed by atoms with Crippen molar-refractivity contribution in [2.24, 2.45) is 0 Å². The van der Waals surface area contributed by atoms with Crippen molar-refractivity contribution in [1.82, 2.24) is 0 Å². The van der Waals surface area contributed by atoms with Gasteiger partial charge in [-0.1, -0.05) is 17.7 Å². The minimum atomic E-state index is -3.01. The number of rotatable bonds is 4. The lowest BCUT2D eigenvalue weighted by atomic mass is 10.2. The molecule has 0 saturated heterocycles. The maximum Gasteiger partial charge on any atom is 0.149 e. The minimum absolute atomic E-state index is 0.0425. The van der Waals surface area contributed by atoms with Crippen LogP contribution in [-0.4, -0.2) is 34.0 Å². The third-order valence-corrected chi connectivity index (χ3v) is 3.55. The Labute approximate surface area is 106 Å². The molecule has 0 heterocycles. The van der Waals surface area contributed by atoms with E-state index in [0.29, 0.717) is 22.8 Å². The second-order valence-corrected chi connectivity index (χ2v) is 6.46. The van der Waals surface area contributed by atoms with Crippen LogP contribution < -0.4 is 4.90 Å². The van der Waals surface area contributed by atoms with Gasteiger partial charge in [0.2, 0.25) is 0 Å². The van der Waals surface area contributed by atoms with Gasteiger partial charge >= 0.3 is 0 Å². The molecule has 1 aromatic carbocycles. The number of hydrogen-bond donors (Lipinski definition) is 0. The normalized spacial score (nSPS) is 10.9. The average molecular weight is 273 g/mol. The lowest BCUT2D eigenvalue weighted by Crippen LogP contribution is -2.25. The molecule has 6 heteroatoms. The van der Waals surface area contributed by atoms with E-state index in [2.05, 4.69) is 0 Å². The summed E-state index contributed by atoms with van der Waals surface area (Å²) in [6.45, 7) is 0.327. The van der Waals surface area contributed by atoms with Crippen LogP contribution in [0.1, 0.15) is 5.56 Å². The zero-order valence-corrected chi connectivity index (χ0v) is 11.2. The molecular weight excluding hydrogens is 260 g/mol. The third-order valence-electron chi connectivity index (χ3n) is 2.31. The summed E-state index contributed by atoms with van der Waals surface area (Å²) in [6, 6.07) is 7.13. The Morgan fingerprint density at radius 1 is 1.47 bits per heavy atom. The monoisotopic (exact) mass is 272 g/mol. The second kappa shape index (κ2) is 5.39. The first-order valence-electron chi connectivity index (χ1n) is 4.92. The lowest BCUT2D eigenvalue weighted by molar-refractivity contribution is 0.601. The SMILES string of the molecule is CN(CCS(C)(=O)=O)c1cccc(Cl)c1C#N. The molecule has 4 nitrogen and oxygen atoms in total. The number of hydrogen-bond acceptors (Lipinski definition) is 4. The van der Waals surface area contributed by atoms with Crippen molar-refractivity contribution in [1.29, 1.82) is 5.26 Å². The minimum Gasteiger partial charge on any atom is -0.372 e. The van der Waals surface area contributed by atoms with Crippen molar-refractivity contribution in [3.05, 3.63) is 28.8 Å². The average Bonchev–Trinajstić information content (AvgIpc) is 2.24. The van der Waals surface area contributed by atoms with E-state index in [4.69, 9.17) is 16.9 Å². The van der Waals surface area contributed by atoms with Gasteiger partial charge < -0.3 is 4.90 Å². The third kappa shape index (κ3) is 3.91. The summed E-state index contributed by atoms with van der Waals surface area (Å²) in [7, 11) is -1.28. The van der Waals surface area contributed by atoms with Gasteiger partial charge in [0.1, 0.15) is 15.9 Å². The molecule has 0 aliphatic rings. The van der Waals surface area contributed by atoms with Crippen molar-refractivity contribution < 1.29 is 8.42 Å². The summed E-state index contributed by atoms with van der Waals surface area (Å²) in [5, 5.41) is 9.37. The number of nitrogens with zero attached hydrogens (tertiary/aromatic N) is 2. The highest BCUT2D eigenvalue weighted by molar-refractivity contribution is 7.90. The summed E-state index contributed by atoms with van der Waals surface area (Å²) in [6.07, 6.45) is 1.18. The van der Waals surface area contributed by atoms with E-state index < -0.39 is 9.84 Å². The molecule has 1 aromatic rings. The number of benzene rings is 1. The van der Waals surface area contributed by atoms with E-state index in [1.807, 2.05) is 6.07 Å². The Hall–Kier alpha value is -1.25. The fourth-order valence-electron chi connectivity index (χ4n) is 1.36. The van der Waals surface area contributed by atoms with E-state index in [0.717, 1.165) is 0 Å². The molecule has 0 radical (unpaired) electrons. The molecule has 1 rings (SSSR count). The van der Waals surface area contributed by atoms with Crippen molar-refractivity contribution >= 4 is 27.1 Å². The molecular formula is C11H13ClN2O2S. The van der Waals surface area contributed by atoms with Gasteiger partial charge in [0.25, 0.3) is 0 Å². The van der Waals surface area contributed by atoms with Crippen LogP contribution in [0.3, 0.4) is 0 Å². The number of anilines is 1. The fourth-order valence-corrected chi connectivity index (χ4v) is 2.18. The van der Waals surface area contributed by atoms with Gasteiger partial charge in [0.15, 0.2) is 0 Å². The van der Waals surface area contributed by atoms with Crippen LogP contribution in [-0.2, 0) is 9.84 Å². The predicted octanol–water partition coefficient (Wildman–Crippen LogP) is 1.69. The van der Waals surface area contributed by atoms with Crippen molar-refractivity contribution in [3.8, 4) is 6.07 Å². The van der Waals surface area contributed by atoms with Crippen LogP contribution in [0.15, 0.2) is 18.2 Å². The smallest absolute Gasteiger partial charge is 0.149 e. The zero-order chi connectivity index (χ0) is 13.1. The van der Waals surface area contributed by atoms with Gasteiger partial charge in [-0.05, 0) is 12.1 Å². The van der Waals surface area contributed by atoms with Gasteiger partial charge in [-0.15, -0.1) is 0 Å². The van der Waals surface area contributed by atoms with Gasteiger partial charge in [-0.3, -0.25) is 0 Å². The van der Waals surface area contributed by atoms with Crippen LogP contribution >= 0.6 is 11.6 Å². The number of halogens is 1. The number of nitriles is 1. The first-order valence-corrected chi connectivity index (χ1v) is 7.36. The van der Waals surface area contributed by atoms with Crippen LogP contribution in [0.4, 0.5) is 5.69 Å². The topological polar surface area (TPSA) is 61.2 Å². The first-order chi connectivity index (χ1) is 7.85. The highest BCUT2D eigenvalue weighted by atomic mass is 35.5. The maximum atomic E-state index is 11.1. The van der Waals surface area contributed by atoms with Crippen molar-refractivity contribution in [2.45, 2.75) is 0 Å². The van der Waals surface area contributed by atoms with Crippen molar-refractivity contribution in [2.75, 3.05) is 30.5 Å². The molecule has 0 amide bonds. The maximum absolute atomic E-state index is 11.1. The molecule has 0 aliphatic heterocycles. The molecule has 0 fully saturated rings. The molecule has 0 aromatic heterocycles. The van der Waals surface area contributed by atoms with Gasteiger partial charge in [-0.25, -0.2) is 8.42 Å². The van der Waals surface area contributed by atoms with Crippen LogP contribution in [0.5, 0.6) is 0 Å². The molecule has 0 spiro atoms. The van der Waals surface area contributed by atoms with E-state index in [-0.39, 0.29) is 5.75 Å². The molecule has 0 aliphatic carbocycles. The second-order valence-electron chi connectivity index (χ2n) is 3.80. The van der Waals surface area contributed by atoms with E-state index in [1.54, 1.807) is 30.1 Å². The van der Waals surface area contributed by atoms with E-state index in [1.165, 1.54) is 6.26 Å². The van der Waals surface area contributed by atoms with Crippen LogP contribution in [0, 0.1) is 11.3 Å². The Morgan fingerprint density at radius 3 is 2.65 bits per heavy atom. The van der Waals surface area contributed by atoms with Gasteiger partial charge in [0.05, 0.1) is 22.0 Å². The zero-order valence-electron chi connectivity index (χ0n) is 9.64. The predicted molar refractivity (Wildman–Crippen MR) is 69.1 cm³/mol. The standard InChI is InChI=1S/C11H13ClN2O2S/c1-14(6-7-17(2,15)16)11-5-3-4-10(12)9(11)8-13/h3-5H,6-7H2,1-2H3. The summed E-state index contributed by atoms with van der Waals surface area (Å²) < 4.78 is 22.1. The molecule has 0 N–H and O–H groups in total. The Bertz CT molecular complexity index is 549. The van der Waals surface area contributed by atoms with E-state index >= 15 is 0 Å². The molecule has 0 atom stereocenters. The number of sulfone groups is 1. The van der Waals surface area contributed by atoms with Gasteiger partial charge in [-0.2, -0.15) is 5.26 Å². The van der Waals surface area contributed by atoms with Crippen molar-refractivity contribution in [3.63, 3.8) is 0 Å². The fraction of sp³-hybridized carbons (Fsp3) is 0.364. The first kappa shape index (κ1) is 13.8.